The van der Waals surface area contributed by atoms with E-state index in [0.717, 1.165) is 21.9 Å². The summed E-state index contributed by atoms with van der Waals surface area (Å²) >= 11 is 0. The largest absolute Gasteiger partial charge is 0.455 e. The Balaban J connectivity index is 1.30. The Kier molecular flexibility index (Phi) is 6.62. The Morgan fingerprint density at radius 3 is 1.46 bits per heavy atom. The molecule has 0 bridgehead atoms. The van der Waals surface area contributed by atoms with Gasteiger partial charge in [-0.15, -0.1) is 0 Å². The maximum absolute atomic E-state index is 7.14. The van der Waals surface area contributed by atoms with Gasteiger partial charge in [-0.25, -0.2) is 0 Å². The molecule has 0 saturated carbocycles. The van der Waals surface area contributed by atoms with Crippen molar-refractivity contribution in [1.82, 2.24) is 0 Å². The van der Waals surface area contributed by atoms with Crippen LogP contribution in [0.1, 0.15) is 22.3 Å². The van der Waals surface area contributed by atoms with E-state index in [1.807, 2.05) is 0 Å². The first-order valence-electron chi connectivity index (χ1n) is 19.4. The Bertz CT molecular complexity index is 3250. The Hall–Kier alpha value is -7.22. The first-order valence-corrected chi connectivity index (χ1v) is 19.4. The van der Waals surface area contributed by atoms with Gasteiger partial charge in [-0.2, -0.15) is 0 Å². The lowest BCUT2D eigenvalue weighted by Crippen LogP contribution is -2.28. The summed E-state index contributed by atoms with van der Waals surface area (Å²) in [5.41, 5.74) is 13.5. The molecule has 0 N–H and O–H groups in total. The summed E-state index contributed by atoms with van der Waals surface area (Å²) < 4.78 is 7.14. The third kappa shape index (κ3) is 4.15. The third-order valence-electron chi connectivity index (χ3n) is 12.3. The summed E-state index contributed by atoms with van der Waals surface area (Å²) in [6.45, 7) is 0. The first kappa shape index (κ1) is 31.2. The van der Waals surface area contributed by atoms with E-state index < -0.39 is 5.41 Å². The molecule has 0 amide bonds. The molecule has 11 aromatic rings. The van der Waals surface area contributed by atoms with Gasteiger partial charge in [0.1, 0.15) is 11.2 Å². The van der Waals surface area contributed by atoms with Gasteiger partial charge in [-0.1, -0.05) is 194 Å². The van der Waals surface area contributed by atoms with Crippen LogP contribution >= 0.6 is 0 Å². The van der Waals surface area contributed by atoms with Gasteiger partial charge in [0.2, 0.25) is 0 Å². The van der Waals surface area contributed by atoms with Crippen LogP contribution in [0.2, 0.25) is 0 Å². The van der Waals surface area contributed by atoms with Crippen LogP contribution in [0.25, 0.3) is 87.6 Å². The fraction of sp³-hybridized carbons (Fsp3) is 0.0182. The highest BCUT2D eigenvalue weighted by Crippen LogP contribution is 2.60. The lowest BCUT2D eigenvalue weighted by Gasteiger charge is -2.34. The van der Waals surface area contributed by atoms with Gasteiger partial charge in [0.25, 0.3) is 0 Å². The van der Waals surface area contributed by atoms with Crippen molar-refractivity contribution in [3.05, 3.63) is 229 Å². The number of hydrogen-bond acceptors (Lipinski definition) is 1. The molecule has 1 aliphatic carbocycles. The number of para-hydroxylation sites is 1. The van der Waals surface area contributed by atoms with Crippen LogP contribution in [0.3, 0.4) is 0 Å². The van der Waals surface area contributed by atoms with Crippen LogP contribution < -0.4 is 0 Å². The second kappa shape index (κ2) is 11.9. The molecule has 0 saturated heterocycles. The smallest absolute Gasteiger partial charge is 0.144 e. The maximum atomic E-state index is 7.14. The predicted molar refractivity (Wildman–Crippen MR) is 234 cm³/mol. The van der Waals surface area contributed by atoms with Gasteiger partial charge in [-0.05, 0) is 94.5 Å². The zero-order valence-electron chi connectivity index (χ0n) is 30.5. The lowest BCUT2D eigenvalue weighted by atomic mass is 9.67. The van der Waals surface area contributed by atoms with Gasteiger partial charge in [0, 0.05) is 16.3 Å². The van der Waals surface area contributed by atoms with Crippen LogP contribution in [-0.4, -0.2) is 0 Å². The molecule has 260 valence electrons. The number of furan rings is 1. The normalized spacial score (nSPS) is 13.1. The molecule has 1 nitrogen and oxygen atoms in total. The standard InChI is InChI=1S/C55H34O/c1-3-20-36(21-4-1)55(37-22-5-2-6-23-37)47-32-15-13-29-44(47)53-48(55)34-46(52-45-30-14-16-33-49(45)56-54(52)53)51-42-27-11-9-25-40(42)50(41-26-10-12-28-43(41)51)39-31-17-19-35-18-7-8-24-38(35)39/h1-34H. The molecule has 0 aliphatic heterocycles. The molecule has 10 aromatic carbocycles. The van der Waals surface area contributed by atoms with Crippen LogP contribution in [0.4, 0.5) is 0 Å². The fourth-order valence-electron chi connectivity index (χ4n) is 10.2. The van der Waals surface area contributed by atoms with Crippen LogP contribution in [0, 0.1) is 0 Å². The van der Waals surface area contributed by atoms with Crippen molar-refractivity contribution in [1.29, 1.82) is 0 Å². The lowest BCUT2D eigenvalue weighted by molar-refractivity contribution is 0.669. The van der Waals surface area contributed by atoms with Crippen molar-refractivity contribution in [2.24, 2.45) is 0 Å². The number of rotatable bonds is 4. The van der Waals surface area contributed by atoms with Crippen LogP contribution in [-0.2, 0) is 5.41 Å². The molecule has 0 unspecified atom stereocenters. The van der Waals surface area contributed by atoms with E-state index in [2.05, 4.69) is 206 Å². The minimum Gasteiger partial charge on any atom is -0.455 e. The fourth-order valence-corrected chi connectivity index (χ4v) is 10.2. The molecule has 56 heavy (non-hydrogen) atoms. The zero-order valence-corrected chi connectivity index (χ0v) is 30.5. The van der Waals surface area contributed by atoms with Crippen molar-refractivity contribution in [2.75, 3.05) is 0 Å². The minimum atomic E-state index is -0.579. The summed E-state index contributed by atoms with van der Waals surface area (Å²) in [5, 5.41) is 9.69. The van der Waals surface area contributed by atoms with Gasteiger partial charge in [0.15, 0.2) is 0 Å². The molecule has 1 heteroatoms. The first-order chi connectivity index (χ1) is 27.8. The van der Waals surface area contributed by atoms with Crippen molar-refractivity contribution in [3.8, 4) is 33.4 Å². The van der Waals surface area contributed by atoms with E-state index in [4.69, 9.17) is 4.42 Å². The van der Waals surface area contributed by atoms with E-state index in [1.54, 1.807) is 0 Å². The number of benzene rings is 10. The van der Waals surface area contributed by atoms with Crippen molar-refractivity contribution < 1.29 is 4.42 Å². The summed E-state index contributed by atoms with van der Waals surface area (Å²) in [4.78, 5) is 0. The van der Waals surface area contributed by atoms with Crippen LogP contribution in [0.15, 0.2) is 211 Å². The minimum absolute atomic E-state index is 0.579. The summed E-state index contributed by atoms with van der Waals surface area (Å²) in [6, 6.07) is 75.7. The quantitative estimate of drug-likeness (QED) is 0.166. The van der Waals surface area contributed by atoms with E-state index in [-0.39, 0.29) is 0 Å². The van der Waals surface area contributed by atoms with E-state index in [1.165, 1.54) is 88.0 Å². The second-order valence-electron chi connectivity index (χ2n) is 15.0. The Labute approximate surface area is 324 Å². The SMILES string of the molecule is c1ccc(C2(c3ccccc3)c3ccccc3-c3c2cc(-c2c4ccccc4c(-c4cccc5ccccc45)c4ccccc24)c2c3oc3ccccc32)cc1. The molecule has 0 radical (unpaired) electrons. The average Bonchev–Trinajstić information content (AvgIpc) is 3.80. The summed E-state index contributed by atoms with van der Waals surface area (Å²) in [5.74, 6) is 0. The average molecular weight is 711 g/mol. The summed E-state index contributed by atoms with van der Waals surface area (Å²) in [6.07, 6.45) is 0. The van der Waals surface area contributed by atoms with E-state index >= 15 is 0 Å². The maximum Gasteiger partial charge on any atom is 0.144 e. The van der Waals surface area contributed by atoms with Crippen molar-refractivity contribution >= 4 is 54.3 Å². The van der Waals surface area contributed by atoms with Gasteiger partial charge >= 0.3 is 0 Å². The predicted octanol–water partition coefficient (Wildman–Crippen LogP) is 14.7. The molecule has 0 atom stereocenters. The highest BCUT2D eigenvalue weighted by atomic mass is 16.3. The molecule has 0 fully saturated rings. The molecule has 12 rings (SSSR count). The highest BCUT2D eigenvalue weighted by Gasteiger charge is 2.48. The van der Waals surface area contributed by atoms with Gasteiger partial charge < -0.3 is 4.42 Å². The van der Waals surface area contributed by atoms with Crippen LogP contribution in [0.5, 0.6) is 0 Å². The molecule has 1 heterocycles. The van der Waals surface area contributed by atoms with Crippen molar-refractivity contribution in [3.63, 3.8) is 0 Å². The molecular formula is C55H34O. The summed E-state index contributed by atoms with van der Waals surface area (Å²) in [7, 11) is 0. The van der Waals surface area contributed by atoms with Crippen molar-refractivity contribution in [2.45, 2.75) is 5.41 Å². The monoisotopic (exact) mass is 710 g/mol. The molecular weight excluding hydrogens is 677 g/mol. The number of hydrogen-bond donors (Lipinski definition) is 0. The molecule has 0 spiro atoms. The van der Waals surface area contributed by atoms with Gasteiger partial charge in [0.05, 0.1) is 5.41 Å². The Morgan fingerprint density at radius 1 is 0.321 bits per heavy atom. The topological polar surface area (TPSA) is 13.1 Å². The molecule has 1 aliphatic rings. The van der Waals surface area contributed by atoms with E-state index in [0.29, 0.717) is 0 Å². The number of fused-ring (bicyclic) bond motifs is 10. The molecule has 1 aromatic heterocycles. The highest BCUT2D eigenvalue weighted by molar-refractivity contribution is 6.28. The second-order valence-corrected chi connectivity index (χ2v) is 15.0. The zero-order chi connectivity index (χ0) is 36.8. The Morgan fingerprint density at radius 2 is 0.804 bits per heavy atom. The third-order valence-corrected chi connectivity index (χ3v) is 12.3. The van der Waals surface area contributed by atoms with Gasteiger partial charge in [-0.3, -0.25) is 0 Å². The van der Waals surface area contributed by atoms with E-state index in [9.17, 15) is 0 Å².